The van der Waals surface area contributed by atoms with Gasteiger partial charge in [0.05, 0.1) is 31.5 Å². The lowest BCUT2D eigenvalue weighted by molar-refractivity contribution is -0.154. The zero-order valence-corrected chi connectivity index (χ0v) is 23.3. The number of ether oxygens (including phenoxy) is 4. The number of carbonyl (C=O) groups is 1. The Kier molecular flexibility index (Phi) is 14.8. The molecule has 1 N–H and O–H groups in total. The molecule has 6 nitrogen and oxygen atoms in total. The summed E-state index contributed by atoms with van der Waals surface area (Å²) >= 11 is 0. The number of rotatable bonds is 16. The number of carbonyl (C=O) groups excluding carboxylic acids is 1. The fourth-order valence-corrected chi connectivity index (χ4v) is 4.75. The van der Waals surface area contributed by atoms with Crippen molar-refractivity contribution in [3.05, 3.63) is 60.3 Å². The summed E-state index contributed by atoms with van der Waals surface area (Å²) in [6.45, 7) is 11.7. The average Bonchev–Trinajstić information content (AvgIpc) is 2.84. The maximum atomic E-state index is 12.3. The molecule has 2 aliphatic heterocycles. The normalized spacial score (nSPS) is 23.5. The maximum absolute atomic E-state index is 12.3. The molecular weight excluding hydrogens is 468 g/mol. The fourth-order valence-electron chi connectivity index (χ4n) is 4.75. The van der Waals surface area contributed by atoms with Crippen LogP contribution in [-0.2, 0) is 23.7 Å². The van der Waals surface area contributed by atoms with Crippen LogP contribution < -0.4 is 0 Å². The van der Waals surface area contributed by atoms with Crippen molar-refractivity contribution in [3.63, 3.8) is 0 Å². The van der Waals surface area contributed by atoms with Crippen LogP contribution in [0, 0.1) is 5.92 Å². The monoisotopic (exact) mass is 516 g/mol. The Hall–Kier alpha value is -1.99. The average molecular weight is 517 g/mol. The summed E-state index contributed by atoms with van der Waals surface area (Å²) in [5.41, 5.74) is 2.32. The molecule has 2 rings (SSSR count). The van der Waals surface area contributed by atoms with Gasteiger partial charge in [0.15, 0.2) is 0 Å². The highest BCUT2D eigenvalue weighted by Crippen LogP contribution is 2.23. The van der Waals surface area contributed by atoms with Crippen molar-refractivity contribution >= 4 is 5.97 Å². The van der Waals surface area contributed by atoms with Crippen molar-refractivity contribution in [3.8, 4) is 0 Å². The van der Waals surface area contributed by atoms with Gasteiger partial charge in [-0.2, -0.15) is 0 Å². The minimum atomic E-state index is -0.637. The second-order valence-corrected chi connectivity index (χ2v) is 10.4. The highest BCUT2D eigenvalue weighted by Gasteiger charge is 2.23. The molecule has 0 aromatic rings. The standard InChI is InChI=1S/C31H48O6/c1-6-10-31(33)37-30(29(34-5)15-14-28-21-23(2)16-18-36-28)13-9-11-26(32)20-24(3)19-25(4)22-27-12-7-8-17-35-27/h7-9,11,14-16,25-30,32H,3,6,10,12-13,17-22H2,1-2,4-5H3/b11-9+,15-14+. The van der Waals surface area contributed by atoms with Crippen molar-refractivity contribution in [1.29, 1.82) is 0 Å². The summed E-state index contributed by atoms with van der Waals surface area (Å²) in [6, 6.07) is 0. The third-order valence-electron chi connectivity index (χ3n) is 6.68. The second-order valence-electron chi connectivity index (χ2n) is 10.4. The van der Waals surface area contributed by atoms with Crippen molar-refractivity contribution in [2.24, 2.45) is 5.92 Å². The predicted octanol–water partition coefficient (Wildman–Crippen LogP) is 6.02. The van der Waals surface area contributed by atoms with E-state index in [1.807, 2.05) is 25.2 Å². The van der Waals surface area contributed by atoms with Gasteiger partial charge in [-0.05, 0) is 51.4 Å². The van der Waals surface area contributed by atoms with Gasteiger partial charge in [0, 0.05) is 20.0 Å². The van der Waals surface area contributed by atoms with Gasteiger partial charge in [-0.3, -0.25) is 4.79 Å². The first kappa shape index (κ1) is 31.2. The highest BCUT2D eigenvalue weighted by atomic mass is 16.6. The van der Waals surface area contributed by atoms with Crippen LogP contribution in [0.3, 0.4) is 0 Å². The first-order valence-electron chi connectivity index (χ1n) is 13.8. The van der Waals surface area contributed by atoms with Crippen LogP contribution in [0.1, 0.15) is 72.1 Å². The molecule has 0 bridgehead atoms. The molecule has 0 aromatic heterocycles. The number of aliphatic hydroxyl groups excluding tert-OH is 1. The molecule has 6 atom stereocenters. The Labute approximate surface area is 224 Å². The predicted molar refractivity (Wildman–Crippen MR) is 148 cm³/mol. The molecular formula is C31H48O6. The van der Waals surface area contributed by atoms with Crippen LogP contribution in [0.2, 0.25) is 0 Å². The van der Waals surface area contributed by atoms with Crippen LogP contribution in [0.4, 0.5) is 0 Å². The SMILES string of the molecule is C=C(CC(O)/C=C/CC(OC(=O)CCC)C(/C=C/C1CC(C)=CCO1)OC)CC(C)CC1CC=CCO1. The molecule has 37 heavy (non-hydrogen) atoms. The maximum Gasteiger partial charge on any atom is 0.306 e. The summed E-state index contributed by atoms with van der Waals surface area (Å²) in [5.74, 6) is 0.202. The van der Waals surface area contributed by atoms with E-state index in [9.17, 15) is 9.90 Å². The van der Waals surface area contributed by atoms with Gasteiger partial charge in [-0.1, -0.05) is 74.1 Å². The second kappa shape index (κ2) is 17.5. The molecule has 6 unspecified atom stereocenters. The number of esters is 1. The molecule has 0 saturated carbocycles. The van der Waals surface area contributed by atoms with Crippen LogP contribution >= 0.6 is 0 Å². The van der Waals surface area contributed by atoms with Gasteiger partial charge in [-0.15, -0.1) is 0 Å². The molecule has 0 aromatic carbocycles. The zero-order valence-electron chi connectivity index (χ0n) is 23.3. The Morgan fingerprint density at radius 2 is 2.05 bits per heavy atom. The topological polar surface area (TPSA) is 74.2 Å². The fraction of sp³-hybridized carbons (Fsp3) is 0.645. The van der Waals surface area contributed by atoms with Crippen molar-refractivity contribution < 1.29 is 28.8 Å². The number of hydrogen-bond acceptors (Lipinski definition) is 6. The Balaban J connectivity index is 1.88. The third kappa shape index (κ3) is 12.9. The van der Waals surface area contributed by atoms with Crippen molar-refractivity contribution in [2.45, 2.75) is 103 Å². The highest BCUT2D eigenvalue weighted by molar-refractivity contribution is 5.69. The van der Waals surface area contributed by atoms with Crippen LogP contribution in [0.5, 0.6) is 0 Å². The summed E-state index contributed by atoms with van der Waals surface area (Å²) in [5, 5.41) is 10.6. The number of hydrogen-bond donors (Lipinski definition) is 1. The van der Waals surface area contributed by atoms with Gasteiger partial charge in [0.2, 0.25) is 0 Å². The lowest BCUT2D eigenvalue weighted by atomic mass is 9.92. The van der Waals surface area contributed by atoms with Gasteiger partial charge in [-0.25, -0.2) is 0 Å². The van der Waals surface area contributed by atoms with E-state index in [2.05, 4.69) is 38.7 Å². The molecule has 0 fully saturated rings. The van der Waals surface area contributed by atoms with Crippen molar-refractivity contribution in [2.75, 3.05) is 20.3 Å². The number of methoxy groups -OCH3 is 1. The largest absolute Gasteiger partial charge is 0.459 e. The van der Waals surface area contributed by atoms with E-state index < -0.39 is 18.3 Å². The minimum Gasteiger partial charge on any atom is -0.459 e. The van der Waals surface area contributed by atoms with Gasteiger partial charge >= 0.3 is 5.97 Å². The smallest absolute Gasteiger partial charge is 0.306 e. The van der Waals surface area contributed by atoms with E-state index in [4.69, 9.17) is 18.9 Å². The Bertz CT molecular complexity index is 811. The molecule has 0 saturated heterocycles. The number of aliphatic hydroxyl groups is 1. The van der Waals surface area contributed by atoms with E-state index in [1.165, 1.54) is 5.57 Å². The summed E-state index contributed by atoms with van der Waals surface area (Å²) in [7, 11) is 1.61. The van der Waals surface area contributed by atoms with E-state index in [0.717, 1.165) is 37.7 Å². The zero-order chi connectivity index (χ0) is 27.0. The third-order valence-corrected chi connectivity index (χ3v) is 6.68. The molecule has 208 valence electrons. The van der Waals surface area contributed by atoms with E-state index in [0.29, 0.717) is 38.4 Å². The van der Waals surface area contributed by atoms with Crippen LogP contribution in [-0.4, -0.2) is 61.9 Å². The summed E-state index contributed by atoms with van der Waals surface area (Å²) in [6.07, 6.45) is 18.3. The van der Waals surface area contributed by atoms with Gasteiger partial charge in [0.1, 0.15) is 12.2 Å². The molecule has 0 aliphatic carbocycles. The molecule has 2 aliphatic rings. The van der Waals surface area contributed by atoms with Crippen molar-refractivity contribution in [1.82, 2.24) is 0 Å². The van der Waals surface area contributed by atoms with E-state index in [-0.39, 0.29) is 18.2 Å². The van der Waals surface area contributed by atoms with E-state index in [1.54, 1.807) is 13.2 Å². The lowest BCUT2D eigenvalue weighted by Crippen LogP contribution is -2.31. The molecule has 0 radical (unpaired) electrons. The molecule has 0 spiro atoms. The summed E-state index contributed by atoms with van der Waals surface area (Å²) < 4.78 is 23.0. The first-order valence-corrected chi connectivity index (χ1v) is 13.8. The first-order chi connectivity index (χ1) is 17.8. The molecule has 2 heterocycles. The van der Waals surface area contributed by atoms with Crippen LogP contribution in [0.25, 0.3) is 0 Å². The van der Waals surface area contributed by atoms with E-state index >= 15 is 0 Å². The molecule has 6 heteroatoms. The summed E-state index contributed by atoms with van der Waals surface area (Å²) in [4.78, 5) is 12.3. The quantitative estimate of drug-likeness (QED) is 0.200. The molecule has 0 amide bonds. The Morgan fingerprint density at radius 1 is 1.24 bits per heavy atom. The Morgan fingerprint density at radius 3 is 2.73 bits per heavy atom. The van der Waals surface area contributed by atoms with Gasteiger partial charge in [0.25, 0.3) is 0 Å². The van der Waals surface area contributed by atoms with Gasteiger partial charge < -0.3 is 24.1 Å². The minimum absolute atomic E-state index is 0.0125. The lowest BCUT2D eigenvalue weighted by Gasteiger charge is -2.24. The van der Waals surface area contributed by atoms with Crippen LogP contribution in [0.15, 0.2) is 60.3 Å².